The molecule has 0 saturated carbocycles. The van der Waals surface area contributed by atoms with Gasteiger partial charge in [-0.05, 0) is 70.8 Å². The Morgan fingerprint density at radius 3 is 2.83 bits per heavy atom. The van der Waals surface area contributed by atoms with Crippen LogP contribution in [0, 0.1) is 11.8 Å². The maximum Gasteiger partial charge on any atom is 0.333 e. The van der Waals surface area contributed by atoms with Crippen molar-refractivity contribution in [3.05, 3.63) is 34.9 Å². The number of carbonyl (C=O) groups excluding carboxylic acids is 1. The average Bonchev–Trinajstić information content (AvgIpc) is 2.52. The van der Waals surface area contributed by atoms with Crippen LogP contribution in [-0.4, -0.2) is 25.3 Å². The third-order valence-electron chi connectivity index (χ3n) is 5.21. The van der Waals surface area contributed by atoms with Crippen molar-refractivity contribution >= 4 is 5.97 Å². The fourth-order valence-corrected chi connectivity index (χ4v) is 3.83. The lowest BCUT2D eigenvalue weighted by molar-refractivity contribution is -0.136. The maximum absolute atomic E-state index is 12.1. The van der Waals surface area contributed by atoms with Crippen molar-refractivity contribution in [3.63, 3.8) is 0 Å². The highest BCUT2D eigenvalue weighted by atomic mass is 16.5. The average molecular weight is 332 g/mol. The lowest BCUT2D eigenvalue weighted by atomic mass is 9.75. The van der Waals surface area contributed by atoms with Gasteiger partial charge in [0.15, 0.2) is 0 Å². The Bertz CT molecular complexity index is 537. The molecule has 1 saturated heterocycles. The van der Waals surface area contributed by atoms with Gasteiger partial charge in [0.2, 0.25) is 0 Å². The van der Waals surface area contributed by atoms with E-state index in [0.717, 1.165) is 18.4 Å². The number of rotatable bonds is 5. The zero-order valence-electron chi connectivity index (χ0n) is 15.8. The summed E-state index contributed by atoms with van der Waals surface area (Å²) in [6.45, 7) is 8.65. The van der Waals surface area contributed by atoms with Gasteiger partial charge in [0.1, 0.15) is 0 Å². The first-order valence-corrected chi connectivity index (χ1v) is 9.15. The van der Waals surface area contributed by atoms with E-state index in [1.165, 1.54) is 31.1 Å². The second kappa shape index (κ2) is 8.66. The SMILES string of the molecule is COC(=O)C(=CC1CC(C)C2CCC(C)=CC2O1)CCC=C(C)C. The number of methoxy groups -OCH3 is 1. The first kappa shape index (κ1) is 19.0. The van der Waals surface area contributed by atoms with Gasteiger partial charge < -0.3 is 9.47 Å². The van der Waals surface area contributed by atoms with Crippen molar-refractivity contribution in [1.29, 1.82) is 0 Å². The summed E-state index contributed by atoms with van der Waals surface area (Å²) >= 11 is 0. The molecule has 134 valence electrons. The summed E-state index contributed by atoms with van der Waals surface area (Å²) in [5.74, 6) is 1.00. The molecule has 3 heteroatoms. The molecule has 1 aliphatic heterocycles. The summed E-state index contributed by atoms with van der Waals surface area (Å²) in [5.41, 5.74) is 3.43. The summed E-state index contributed by atoms with van der Waals surface area (Å²) in [6, 6.07) is 0. The molecule has 1 fully saturated rings. The highest BCUT2D eigenvalue weighted by Crippen LogP contribution is 2.39. The zero-order valence-corrected chi connectivity index (χ0v) is 15.8. The van der Waals surface area contributed by atoms with E-state index < -0.39 is 0 Å². The molecule has 2 aliphatic rings. The fraction of sp³-hybridized carbons (Fsp3) is 0.667. The van der Waals surface area contributed by atoms with Crippen LogP contribution in [0.4, 0.5) is 0 Å². The Labute approximate surface area is 146 Å². The van der Waals surface area contributed by atoms with Crippen molar-refractivity contribution in [1.82, 2.24) is 0 Å². The van der Waals surface area contributed by atoms with Crippen molar-refractivity contribution in [2.45, 2.75) is 72.0 Å². The van der Waals surface area contributed by atoms with Crippen LogP contribution >= 0.6 is 0 Å². The van der Waals surface area contributed by atoms with Gasteiger partial charge in [-0.15, -0.1) is 0 Å². The van der Waals surface area contributed by atoms with Crippen LogP contribution in [0.3, 0.4) is 0 Å². The van der Waals surface area contributed by atoms with Crippen LogP contribution in [0.2, 0.25) is 0 Å². The second-order valence-electron chi connectivity index (χ2n) is 7.57. The Morgan fingerprint density at radius 1 is 1.42 bits per heavy atom. The summed E-state index contributed by atoms with van der Waals surface area (Å²) in [6.07, 6.45) is 11.6. The second-order valence-corrected chi connectivity index (χ2v) is 7.57. The maximum atomic E-state index is 12.1. The molecule has 1 heterocycles. The molecule has 0 aromatic carbocycles. The van der Waals surface area contributed by atoms with Crippen LogP contribution in [0.25, 0.3) is 0 Å². The molecule has 0 aromatic rings. The number of esters is 1. The molecule has 24 heavy (non-hydrogen) atoms. The summed E-state index contributed by atoms with van der Waals surface area (Å²) in [4.78, 5) is 12.1. The van der Waals surface area contributed by atoms with Crippen molar-refractivity contribution in [2.75, 3.05) is 7.11 Å². The number of hydrogen-bond acceptors (Lipinski definition) is 3. The minimum absolute atomic E-state index is 0.00389. The van der Waals surface area contributed by atoms with E-state index in [2.05, 4.69) is 39.8 Å². The van der Waals surface area contributed by atoms with Gasteiger partial charge in [-0.2, -0.15) is 0 Å². The van der Waals surface area contributed by atoms with E-state index >= 15 is 0 Å². The first-order valence-electron chi connectivity index (χ1n) is 9.15. The highest BCUT2D eigenvalue weighted by Gasteiger charge is 2.36. The van der Waals surface area contributed by atoms with Crippen LogP contribution in [-0.2, 0) is 14.3 Å². The van der Waals surface area contributed by atoms with E-state index in [1.54, 1.807) is 0 Å². The smallest absolute Gasteiger partial charge is 0.333 e. The van der Waals surface area contributed by atoms with Crippen molar-refractivity contribution in [3.8, 4) is 0 Å². The Morgan fingerprint density at radius 2 is 2.17 bits per heavy atom. The van der Waals surface area contributed by atoms with E-state index in [0.29, 0.717) is 18.3 Å². The topological polar surface area (TPSA) is 35.5 Å². The zero-order chi connectivity index (χ0) is 17.7. The number of hydrogen-bond donors (Lipinski definition) is 0. The van der Waals surface area contributed by atoms with Gasteiger partial charge in [0, 0.05) is 5.57 Å². The summed E-state index contributed by atoms with van der Waals surface area (Å²) < 4.78 is 11.3. The van der Waals surface area contributed by atoms with Gasteiger partial charge in [-0.25, -0.2) is 4.79 Å². The van der Waals surface area contributed by atoms with Crippen LogP contribution in [0.5, 0.6) is 0 Å². The Balaban J connectivity index is 2.11. The number of allylic oxidation sites excluding steroid dienone is 3. The van der Waals surface area contributed by atoms with Crippen molar-refractivity contribution < 1.29 is 14.3 Å². The van der Waals surface area contributed by atoms with E-state index in [-0.39, 0.29) is 18.2 Å². The van der Waals surface area contributed by atoms with Gasteiger partial charge in [0.05, 0.1) is 19.3 Å². The number of ether oxygens (including phenoxy) is 2. The predicted molar refractivity (Wildman–Crippen MR) is 97.7 cm³/mol. The highest BCUT2D eigenvalue weighted by molar-refractivity contribution is 5.88. The number of carbonyl (C=O) groups is 1. The Hall–Kier alpha value is -1.35. The van der Waals surface area contributed by atoms with Gasteiger partial charge in [0.25, 0.3) is 0 Å². The van der Waals surface area contributed by atoms with Crippen LogP contribution in [0.15, 0.2) is 34.9 Å². The molecular formula is C21H32O3. The quantitative estimate of drug-likeness (QED) is 0.404. The van der Waals surface area contributed by atoms with Crippen LogP contribution in [0.1, 0.15) is 59.8 Å². The normalized spacial score (nSPS) is 30.2. The minimum Gasteiger partial charge on any atom is -0.466 e. The molecular weight excluding hydrogens is 300 g/mol. The molecule has 0 N–H and O–H groups in total. The van der Waals surface area contributed by atoms with Gasteiger partial charge in [-0.1, -0.05) is 30.2 Å². The predicted octanol–water partition coefficient (Wildman–Crippen LogP) is 4.98. The minimum atomic E-state index is -0.231. The molecule has 0 spiro atoms. The lowest BCUT2D eigenvalue weighted by Gasteiger charge is -2.41. The summed E-state index contributed by atoms with van der Waals surface area (Å²) in [7, 11) is 1.45. The lowest BCUT2D eigenvalue weighted by Crippen LogP contribution is -2.40. The third-order valence-corrected chi connectivity index (χ3v) is 5.21. The first-order chi connectivity index (χ1) is 11.4. The Kier molecular flexibility index (Phi) is 6.85. The van der Waals surface area contributed by atoms with Crippen LogP contribution < -0.4 is 0 Å². The number of fused-ring (bicyclic) bond motifs is 1. The molecule has 2 rings (SSSR count). The van der Waals surface area contributed by atoms with Crippen molar-refractivity contribution in [2.24, 2.45) is 11.8 Å². The van der Waals surface area contributed by atoms with E-state index in [1.807, 2.05) is 6.08 Å². The molecule has 3 nitrogen and oxygen atoms in total. The molecule has 0 amide bonds. The fourth-order valence-electron chi connectivity index (χ4n) is 3.83. The molecule has 4 atom stereocenters. The van der Waals surface area contributed by atoms with E-state index in [9.17, 15) is 4.79 Å². The molecule has 0 radical (unpaired) electrons. The van der Waals surface area contributed by atoms with E-state index in [4.69, 9.17) is 9.47 Å². The monoisotopic (exact) mass is 332 g/mol. The molecule has 0 bridgehead atoms. The standard InChI is InChI=1S/C21H32O3/c1-14(2)7-6-8-17(21(22)23-5)13-18-12-16(4)19-10-9-15(3)11-20(19)24-18/h7,11,13,16,18-20H,6,8-10,12H2,1-5H3. The largest absolute Gasteiger partial charge is 0.466 e. The van der Waals surface area contributed by atoms with Gasteiger partial charge in [-0.3, -0.25) is 0 Å². The molecule has 0 aromatic heterocycles. The summed E-state index contributed by atoms with van der Waals surface area (Å²) in [5, 5.41) is 0. The van der Waals surface area contributed by atoms with Gasteiger partial charge >= 0.3 is 5.97 Å². The molecule has 1 aliphatic carbocycles. The molecule has 4 unspecified atom stereocenters. The third kappa shape index (κ3) is 5.07.